The lowest BCUT2D eigenvalue weighted by atomic mass is 10.3. The predicted molar refractivity (Wildman–Crippen MR) is 114 cm³/mol. The van der Waals surface area contributed by atoms with Crippen LogP contribution in [0.2, 0.25) is 10.0 Å². The lowest BCUT2D eigenvalue weighted by Gasteiger charge is -2.02. The van der Waals surface area contributed by atoms with Crippen LogP contribution < -0.4 is 10.6 Å². The Labute approximate surface area is 173 Å². The van der Waals surface area contributed by atoms with Crippen LogP contribution in [0.25, 0.3) is 10.2 Å². The van der Waals surface area contributed by atoms with Crippen molar-refractivity contribution in [1.29, 1.82) is 0 Å². The zero-order chi connectivity index (χ0) is 18.8. The molecule has 5 nitrogen and oxygen atoms in total. The number of thiazole rings is 2. The number of rotatable bonds is 5. The summed E-state index contributed by atoms with van der Waals surface area (Å²) < 4.78 is 0.930. The van der Waals surface area contributed by atoms with E-state index in [-0.39, 0.29) is 12.3 Å². The number of nitrogens with one attached hydrogen (secondary N) is 2. The van der Waals surface area contributed by atoms with E-state index in [1.165, 1.54) is 22.7 Å². The third kappa shape index (κ3) is 4.56. The van der Waals surface area contributed by atoms with E-state index in [1.807, 2.05) is 35.7 Å². The fourth-order valence-corrected chi connectivity index (χ4v) is 4.49. The molecule has 1 amide bonds. The molecule has 0 unspecified atom stereocenters. The Morgan fingerprint density at radius 3 is 2.74 bits per heavy atom. The minimum absolute atomic E-state index is 0.167. The number of amides is 1. The number of halogens is 2. The summed E-state index contributed by atoms with van der Waals surface area (Å²) in [5.41, 5.74) is 2.34. The number of anilines is 3. The smallest absolute Gasteiger partial charge is 0.232 e. The van der Waals surface area contributed by atoms with E-state index in [1.54, 1.807) is 12.1 Å². The number of aromatic nitrogens is 2. The number of benzene rings is 2. The number of nitrogens with zero attached hydrogens (tertiary/aromatic N) is 2. The fourth-order valence-electron chi connectivity index (χ4n) is 2.42. The van der Waals surface area contributed by atoms with Gasteiger partial charge in [-0.1, -0.05) is 40.6 Å². The summed E-state index contributed by atoms with van der Waals surface area (Å²) in [6.07, 6.45) is 0.171. The van der Waals surface area contributed by atoms with Crippen LogP contribution in [0.1, 0.15) is 5.69 Å². The van der Waals surface area contributed by atoms with Crippen molar-refractivity contribution < 1.29 is 4.79 Å². The number of hydrogen-bond donors (Lipinski definition) is 2. The highest BCUT2D eigenvalue weighted by atomic mass is 35.5. The average Bonchev–Trinajstić information content (AvgIpc) is 3.20. The summed E-state index contributed by atoms with van der Waals surface area (Å²) in [6.45, 7) is 0. The molecule has 0 saturated heterocycles. The van der Waals surface area contributed by atoms with Gasteiger partial charge in [-0.15, -0.1) is 11.3 Å². The van der Waals surface area contributed by atoms with Crippen molar-refractivity contribution in [2.75, 3.05) is 10.6 Å². The molecule has 0 fully saturated rings. The minimum atomic E-state index is -0.167. The maximum absolute atomic E-state index is 12.3. The van der Waals surface area contributed by atoms with Crippen LogP contribution in [0.15, 0.2) is 47.8 Å². The molecule has 2 aromatic carbocycles. The van der Waals surface area contributed by atoms with E-state index in [0.29, 0.717) is 26.0 Å². The Morgan fingerprint density at radius 1 is 1.04 bits per heavy atom. The van der Waals surface area contributed by atoms with Gasteiger partial charge < -0.3 is 10.6 Å². The summed E-state index contributed by atoms with van der Waals surface area (Å²) in [4.78, 5) is 21.1. The third-order valence-corrected chi connectivity index (χ3v) is 5.78. The van der Waals surface area contributed by atoms with Gasteiger partial charge in [0.05, 0.1) is 22.3 Å². The van der Waals surface area contributed by atoms with E-state index in [9.17, 15) is 4.79 Å². The Hall–Kier alpha value is -2.19. The van der Waals surface area contributed by atoms with Crippen LogP contribution >= 0.6 is 45.9 Å². The normalized spacial score (nSPS) is 10.9. The van der Waals surface area contributed by atoms with Crippen molar-refractivity contribution >= 4 is 77.9 Å². The SMILES string of the molecule is O=C(Cc1csc(Nc2cccc(Cl)c2)n1)Nc1nc2ccc(Cl)cc2s1. The van der Waals surface area contributed by atoms with Crippen molar-refractivity contribution in [2.24, 2.45) is 0 Å². The molecule has 136 valence electrons. The number of carbonyl (C=O) groups excluding carboxylic acids is 1. The molecular formula is C18H12Cl2N4OS2. The zero-order valence-corrected chi connectivity index (χ0v) is 16.8. The van der Waals surface area contributed by atoms with Crippen molar-refractivity contribution in [3.63, 3.8) is 0 Å². The predicted octanol–water partition coefficient (Wildman–Crippen LogP) is 5.98. The lowest BCUT2D eigenvalue weighted by Crippen LogP contribution is -2.14. The molecule has 0 aliphatic heterocycles. The summed E-state index contributed by atoms with van der Waals surface area (Å²) in [7, 11) is 0. The standard InChI is InChI=1S/C18H12Cl2N4OS2/c19-10-2-1-3-12(6-10)21-17-22-13(9-26-17)8-16(25)24-18-23-14-5-4-11(20)7-15(14)27-18/h1-7,9H,8H2,(H,21,22)(H,23,24,25). The van der Waals surface area contributed by atoms with Gasteiger partial charge in [-0.05, 0) is 36.4 Å². The van der Waals surface area contributed by atoms with Gasteiger partial charge in [0, 0.05) is 21.1 Å². The van der Waals surface area contributed by atoms with E-state index < -0.39 is 0 Å². The van der Waals surface area contributed by atoms with E-state index in [0.717, 1.165) is 15.9 Å². The first-order valence-corrected chi connectivity index (χ1v) is 10.3. The first kappa shape index (κ1) is 18.2. The minimum Gasteiger partial charge on any atom is -0.331 e. The van der Waals surface area contributed by atoms with E-state index >= 15 is 0 Å². The van der Waals surface area contributed by atoms with Gasteiger partial charge >= 0.3 is 0 Å². The molecule has 0 bridgehead atoms. The Kier molecular flexibility index (Phi) is 5.27. The van der Waals surface area contributed by atoms with Crippen LogP contribution in [-0.2, 0) is 11.2 Å². The first-order chi connectivity index (χ1) is 13.0. The summed E-state index contributed by atoms with van der Waals surface area (Å²) in [6, 6.07) is 12.8. The molecule has 0 atom stereocenters. The highest BCUT2D eigenvalue weighted by Crippen LogP contribution is 2.28. The lowest BCUT2D eigenvalue weighted by molar-refractivity contribution is -0.115. The second-order valence-corrected chi connectivity index (χ2v) is 8.40. The topological polar surface area (TPSA) is 66.9 Å². The molecule has 4 aromatic rings. The summed E-state index contributed by atoms with van der Waals surface area (Å²) >= 11 is 14.8. The van der Waals surface area contributed by atoms with Gasteiger partial charge in [0.25, 0.3) is 0 Å². The van der Waals surface area contributed by atoms with Gasteiger partial charge in [-0.3, -0.25) is 4.79 Å². The van der Waals surface area contributed by atoms with Gasteiger partial charge in [0.15, 0.2) is 10.3 Å². The monoisotopic (exact) mass is 434 g/mol. The highest BCUT2D eigenvalue weighted by Gasteiger charge is 2.11. The molecular weight excluding hydrogens is 423 g/mol. The number of fused-ring (bicyclic) bond motifs is 1. The number of hydrogen-bond acceptors (Lipinski definition) is 6. The summed E-state index contributed by atoms with van der Waals surface area (Å²) in [5, 5.41) is 10.4. The second-order valence-electron chi connectivity index (χ2n) is 5.64. The molecule has 4 rings (SSSR count). The second kappa shape index (κ2) is 7.82. The molecule has 0 saturated carbocycles. The molecule has 0 aliphatic rings. The molecule has 0 aliphatic carbocycles. The third-order valence-electron chi connectivity index (χ3n) is 3.57. The molecule has 2 aromatic heterocycles. The number of carbonyl (C=O) groups is 1. The average molecular weight is 435 g/mol. The van der Waals surface area contributed by atoms with Crippen LogP contribution in [0.5, 0.6) is 0 Å². The molecule has 0 radical (unpaired) electrons. The van der Waals surface area contributed by atoms with Gasteiger partial charge in [-0.2, -0.15) is 0 Å². The molecule has 0 spiro atoms. The maximum Gasteiger partial charge on any atom is 0.232 e. The summed E-state index contributed by atoms with van der Waals surface area (Å²) in [5.74, 6) is -0.167. The van der Waals surface area contributed by atoms with Gasteiger partial charge in [0.1, 0.15) is 0 Å². The zero-order valence-electron chi connectivity index (χ0n) is 13.7. The van der Waals surface area contributed by atoms with Crippen molar-refractivity contribution in [3.05, 3.63) is 63.6 Å². The van der Waals surface area contributed by atoms with Crippen LogP contribution in [0.4, 0.5) is 16.0 Å². The first-order valence-electron chi connectivity index (χ1n) is 7.88. The molecule has 27 heavy (non-hydrogen) atoms. The van der Waals surface area contributed by atoms with Crippen LogP contribution in [-0.4, -0.2) is 15.9 Å². The Bertz CT molecular complexity index is 1130. The molecule has 2 heterocycles. The van der Waals surface area contributed by atoms with Crippen molar-refractivity contribution in [3.8, 4) is 0 Å². The van der Waals surface area contributed by atoms with E-state index in [4.69, 9.17) is 23.2 Å². The highest BCUT2D eigenvalue weighted by molar-refractivity contribution is 7.22. The Balaban J connectivity index is 1.40. The van der Waals surface area contributed by atoms with Crippen LogP contribution in [0, 0.1) is 0 Å². The fraction of sp³-hybridized carbons (Fsp3) is 0.0556. The Morgan fingerprint density at radius 2 is 1.89 bits per heavy atom. The largest absolute Gasteiger partial charge is 0.331 e. The van der Waals surface area contributed by atoms with Crippen molar-refractivity contribution in [1.82, 2.24) is 9.97 Å². The molecule has 9 heteroatoms. The van der Waals surface area contributed by atoms with E-state index in [2.05, 4.69) is 20.6 Å². The van der Waals surface area contributed by atoms with Gasteiger partial charge in [0.2, 0.25) is 5.91 Å². The van der Waals surface area contributed by atoms with Gasteiger partial charge in [-0.25, -0.2) is 9.97 Å². The molecule has 2 N–H and O–H groups in total. The van der Waals surface area contributed by atoms with Crippen molar-refractivity contribution in [2.45, 2.75) is 6.42 Å². The quantitative estimate of drug-likeness (QED) is 0.405. The maximum atomic E-state index is 12.3. The van der Waals surface area contributed by atoms with Crippen LogP contribution in [0.3, 0.4) is 0 Å².